The number of halogens is 1. The van der Waals surface area contributed by atoms with Gasteiger partial charge in [-0.1, -0.05) is 36.2 Å². The van der Waals surface area contributed by atoms with Crippen molar-refractivity contribution in [1.82, 2.24) is 24.5 Å². The molecule has 0 spiro atoms. The molecule has 29 heavy (non-hydrogen) atoms. The van der Waals surface area contributed by atoms with Gasteiger partial charge in [-0.05, 0) is 51.0 Å². The highest BCUT2D eigenvalue weighted by Gasteiger charge is 2.23. The van der Waals surface area contributed by atoms with E-state index in [4.69, 9.17) is 22.3 Å². The van der Waals surface area contributed by atoms with Crippen molar-refractivity contribution in [3.63, 3.8) is 0 Å². The summed E-state index contributed by atoms with van der Waals surface area (Å²) in [5, 5.41) is 4.85. The minimum absolute atomic E-state index is 0.193. The Balaban J connectivity index is 1.51. The third-order valence-electron chi connectivity index (χ3n) is 5.17. The van der Waals surface area contributed by atoms with E-state index in [-0.39, 0.29) is 5.95 Å². The van der Waals surface area contributed by atoms with Crippen LogP contribution in [-0.4, -0.2) is 24.5 Å². The third kappa shape index (κ3) is 4.64. The van der Waals surface area contributed by atoms with Crippen molar-refractivity contribution in [3.8, 4) is 0 Å². The van der Waals surface area contributed by atoms with Gasteiger partial charge in [-0.3, -0.25) is 0 Å². The zero-order valence-corrected chi connectivity index (χ0v) is 18.1. The molecule has 0 aliphatic heterocycles. The average molecular weight is 430 g/mol. The van der Waals surface area contributed by atoms with Gasteiger partial charge in [0, 0.05) is 22.4 Å². The number of nitrogens with one attached hydrogen (secondary N) is 1. The first-order valence-corrected chi connectivity index (χ1v) is 11.1. The second-order valence-corrected chi connectivity index (χ2v) is 8.61. The minimum atomic E-state index is 0.193. The minimum Gasteiger partial charge on any atom is -0.368 e. The normalized spacial score (nSPS) is 14.4. The Bertz CT molecular complexity index is 997. The molecular formula is C20H24ClN7S. The standard InChI is InChI=1S/C20H24ClN7S/c1-12-13(2)28(16-5-3-4-6-16)20(23-12)29-11-17-25-18(22)27-19(26-17)24-15-9-7-14(21)8-10-15/h7-10,16H,3-6,11H2,1-2H3,(H3,22,24,25,26,27). The summed E-state index contributed by atoms with van der Waals surface area (Å²) in [6.45, 7) is 4.22. The lowest BCUT2D eigenvalue weighted by atomic mass is 10.2. The summed E-state index contributed by atoms with van der Waals surface area (Å²) >= 11 is 7.58. The van der Waals surface area contributed by atoms with Crippen LogP contribution in [0.4, 0.5) is 17.6 Å². The molecule has 1 aromatic carbocycles. The van der Waals surface area contributed by atoms with Crippen LogP contribution in [0.3, 0.4) is 0 Å². The van der Waals surface area contributed by atoms with Gasteiger partial charge in [-0.15, -0.1) is 0 Å². The number of anilines is 3. The molecule has 7 nitrogen and oxygen atoms in total. The summed E-state index contributed by atoms with van der Waals surface area (Å²) in [6.07, 6.45) is 5.01. The van der Waals surface area contributed by atoms with Gasteiger partial charge < -0.3 is 15.6 Å². The highest BCUT2D eigenvalue weighted by atomic mass is 35.5. The second-order valence-electron chi connectivity index (χ2n) is 7.23. The first-order valence-electron chi connectivity index (χ1n) is 9.71. The number of hydrogen-bond acceptors (Lipinski definition) is 7. The zero-order chi connectivity index (χ0) is 20.4. The molecule has 2 heterocycles. The summed E-state index contributed by atoms with van der Waals surface area (Å²) in [6, 6.07) is 7.88. The predicted octanol–water partition coefficient (Wildman–Crippen LogP) is 5.07. The highest BCUT2D eigenvalue weighted by molar-refractivity contribution is 7.98. The van der Waals surface area contributed by atoms with E-state index < -0.39 is 0 Å². The molecule has 3 aromatic rings. The number of nitrogens with two attached hydrogens (primary N) is 1. The summed E-state index contributed by atoms with van der Waals surface area (Å²) in [5.74, 6) is 1.81. The first kappa shape index (κ1) is 20.0. The lowest BCUT2D eigenvalue weighted by molar-refractivity contribution is 0.471. The summed E-state index contributed by atoms with van der Waals surface area (Å²) in [4.78, 5) is 17.8. The van der Waals surface area contributed by atoms with Gasteiger partial charge in [0.1, 0.15) is 5.82 Å². The van der Waals surface area contributed by atoms with E-state index in [1.807, 2.05) is 12.1 Å². The van der Waals surface area contributed by atoms with Crippen LogP contribution in [0.5, 0.6) is 0 Å². The van der Waals surface area contributed by atoms with Crippen LogP contribution in [0.2, 0.25) is 5.02 Å². The number of nitrogens with zero attached hydrogens (tertiary/aromatic N) is 5. The van der Waals surface area contributed by atoms with Crippen molar-refractivity contribution < 1.29 is 0 Å². The highest BCUT2D eigenvalue weighted by Crippen LogP contribution is 2.36. The fourth-order valence-electron chi connectivity index (χ4n) is 3.64. The number of rotatable bonds is 6. The molecular weight excluding hydrogens is 406 g/mol. The van der Waals surface area contributed by atoms with Crippen LogP contribution in [0, 0.1) is 13.8 Å². The molecule has 1 aliphatic rings. The van der Waals surface area contributed by atoms with Gasteiger partial charge in [-0.2, -0.15) is 15.0 Å². The molecule has 3 N–H and O–H groups in total. The van der Waals surface area contributed by atoms with E-state index >= 15 is 0 Å². The Morgan fingerprint density at radius 2 is 1.83 bits per heavy atom. The molecule has 1 saturated carbocycles. The first-order chi connectivity index (χ1) is 14.0. The van der Waals surface area contributed by atoms with Crippen molar-refractivity contribution in [2.24, 2.45) is 0 Å². The number of benzene rings is 1. The van der Waals surface area contributed by atoms with Crippen molar-refractivity contribution in [2.75, 3.05) is 11.1 Å². The lowest BCUT2D eigenvalue weighted by Gasteiger charge is -2.16. The lowest BCUT2D eigenvalue weighted by Crippen LogP contribution is -2.09. The Kier molecular flexibility index (Phi) is 5.91. The molecule has 2 aromatic heterocycles. The summed E-state index contributed by atoms with van der Waals surface area (Å²) < 4.78 is 2.39. The van der Waals surface area contributed by atoms with Gasteiger partial charge in [0.2, 0.25) is 11.9 Å². The Hall–Kier alpha value is -2.32. The number of thioether (sulfide) groups is 1. The SMILES string of the molecule is Cc1nc(SCc2nc(N)nc(Nc3ccc(Cl)cc3)n2)n(C2CCCC2)c1C. The molecule has 0 unspecified atom stereocenters. The van der Waals surface area contributed by atoms with E-state index in [0.29, 0.717) is 28.6 Å². The van der Waals surface area contributed by atoms with Crippen molar-refractivity contribution >= 4 is 40.9 Å². The van der Waals surface area contributed by atoms with Gasteiger partial charge in [0.15, 0.2) is 5.16 Å². The van der Waals surface area contributed by atoms with Crippen molar-refractivity contribution in [2.45, 2.75) is 56.5 Å². The number of aromatic nitrogens is 5. The second kappa shape index (κ2) is 8.59. The Labute approximate surface area is 179 Å². The number of hydrogen-bond donors (Lipinski definition) is 2. The molecule has 0 atom stereocenters. The van der Waals surface area contributed by atoms with E-state index in [9.17, 15) is 0 Å². The van der Waals surface area contributed by atoms with Crippen LogP contribution < -0.4 is 11.1 Å². The molecule has 0 saturated heterocycles. The summed E-state index contributed by atoms with van der Waals surface area (Å²) in [7, 11) is 0. The quantitative estimate of drug-likeness (QED) is 0.528. The Morgan fingerprint density at radius 1 is 1.10 bits per heavy atom. The van der Waals surface area contributed by atoms with E-state index in [2.05, 4.69) is 38.7 Å². The van der Waals surface area contributed by atoms with Gasteiger partial charge in [0.25, 0.3) is 0 Å². The van der Waals surface area contributed by atoms with Crippen molar-refractivity contribution in [3.05, 3.63) is 46.5 Å². The van der Waals surface area contributed by atoms with Crippen LogP contribution in [0.25, 0.3) is 0 Å². The maximum absolute atomic E-state index is 5.94. The van der Waals surface area contributed by atoms with E-state index in [1.165, 1.54) is 31.4 Å². The largest absolute Gasteiger partial charge is 0.368 e. The number of imidazole rings is 1. The van der Waals surface area contributed by atoms with Gasteiger partial charge in [-0.25, -0.2) is 4.98 Å². The molecule has 0 amide bonds. The van der Waals surface area contributed by atoms with Gasteiger partial charge in [0.05, 0.1) is 11.4 Å². The van der Waals surface area contributed by atoms with E-state index in [1.54, 1.807) is 23.9 Å². The smallest absolute Gasteiger partial charge is 0.232 e. The molecule has 4 rings (SSSR count). The Morgan fingerprint density at radius 3 is 2.55 bits per heavy atom. The fourth-order valence-corrected chi connectivity index (χ4v) is 4.78. The van der Waals surface area contributed by atoms with Crippen LogP contribution in [0.15, 0.2) is 29.4 Å². The molecule has 9 heteroatoms. The zero-order valence-electron chi connectivity index (χ0n) is 16.5. The number of nitrogen functional groups attached to an aromatic ring is 1. The van der Waals surface area contributed by atoms with Crippen LogP contribution >= 0.6 is 23.4 Å². The van der Waals surface area contributed by atoms with Crippen molar-refractivity contribution in [1.29, 1.82) is 0 Å². The topological polar surface area (TPSA) is 94.5 Å². The monoisotopic (exact) mass is 429 g/mol. The molecule has 0 radical (unpaired) electrons. The van der Waals surface area contributed by atoms with Crippen LogP contribution in [-0.2, 0) is 5.75 Å². The van der Waals surface area contributed by atoms with Crippen LogP contribution in [0.1, 0.15) is 48.9 Å². The van der Waals surface area contributed by atoms with E-state index in [0.717, 1.165) is 16.5 Å². The maximum Gasteiger partial charge on any atom is 0.232 e. The van der Waals surface area contributed by atoms with Gasteiger partial charge >= 0.3 is 0 Å². The molecule has 1 fully saturated rings. The number of aryl methyl sites for hydroxylation is 1. The molecule has 152 valence electrons. The molecule has 0 bridgehead atoms. The predicted molar refractivity (Wildman–Crippen MR) is 118 cm³/mol. The summed E-state index contributed by atoms with van der Waals surface area (Å²) in [5.41, 5.74) is 9.08. The average Bonchev–Trinajstić information content (AvgIpc) is 3.30. The fraction of sp³-hybridized carbons (Fsp3) is 0.400. The molecule has 1 aliphatic carbocycles. The third-order valence-corrected chi connectivity index (χ3v) is 6.37. The maximum atomic E-state index is 5.94.